The molecule has 2 aliphatic rings. The van der Waals surface area contributed by atoms with Crippen molar-refractivity contribution in [2.75, 3.05) is 13.7 Å². The first-order chi connectivity index (χ1) is 7.07. The molecule has 6 nitrogen and oxygen atoms in total. The Balaban J connectivity index is 2.08. The molecular formula is C9H17NO5. The van der Waals surface area contributed by atoms with Crippen LogP contribution in [-0.4, -0.2) is 44.1 Å². The molecule has 0 aromatic rings. The molecule has 2 fully saturated rings. The maximum absolute atomic E-state index is 5.71. The van der Waals surface area contributed by atoms with Gasteiger partial charge in [0, 0.05) is 7.11 Å². The zero-order valence-corrected chi connectivity index (χ0v) is 9.14. The highest BCUT2D eigenvalue weighted by molar-refractivity contribution is 4.94. The molecule has 0 aromatic heterocycles. The minimum Gasteiger partial charge on any atom is -0.353 e. The van der Waals surface area contributed by atoms with E-state index in [0.29, 0.717) is 0 Å². The van der Waals surface area contributed by atoms with Crippen LogP contribution in [0.15, 0.2) is 0 Å². The van der Waals surface area contributed by atoms with E-state index < -0.39 is 12.1 Å². The van der Waals surface area contributed by atoms with Gasteiger partial charge in [-0.3, -0.25) is 0 Å². The summed E-state index contributed by atoms with van der Waals surface area (Å²) < 4.78 is 22.1. The molecule has 0 spiro atoms. The molecule has 1 unspecified atom stereocenters. The average Bonchev–Trinajstić information content (AvgIpc) is 2.61. The van der Waals surface area contributed by atoms with E-state index in [4.69, 9.17) is 24.8 Å². The fraction of sp³-hybridized carbons (Fsp3) is 1.00. The maximum Gasteiger partial charge on any atom is 0.186 e. The molecule has 2 rings (SSSR count). The lowest BCUT2D eigenvalue weighted by atomic mass is 10.1. The molecule has 4 atom stereocenters. The first-order valence-electron chi connectivity index (χ1n) is 4.93. The third kappa shape index (κ3) is 2.01. The van der Waals surface area contributed by atoms with Crippen LogP contribution in [0.25, 0.3) is 0 Å². The molecule has 2 N–H and O–H groups in total. The average molecular weight is 219 g/mol. The molecular weight excluding hydrogens is 202 g/mol. The van der Waals surface area contributed by atoms with Crippen molar-refractivity contribution in [1.82, 2.24) is 0 Å². The fourth-order valence-electron chi connectivity index (χ4n) is 2.06. The van der Waals surface area contributed by atoms with Gasteiger partial charge in [-0.05, 0) is 13.8 Å². The zero-order chi connectivity index (χ0) is 11.1. The topological polar surface area (TPSA) is 72.2 Å². The van der Waals surface area contributed by atoms with Gasteiger partial charge < -0.3 is 23.8 Å². The molecule has 0 saturated carbocycles. The van der Waals surface area contributed by atoms with E-state index in [2.05, 4.69) is 4.84 Å². The summed E-state index contributed by atoms with van der Waals surface area (Å²) in [6.45, 7) is 3.98. The number of nitrogens with two attached hydrogens (primary N) is 1. The van der Waals surface area contributed by atoms with Crippen LogP contribution in [0.2, 0.25) is 0 Å². The Morgan fingerprint density at radius 2 is 1.93 bits per heavy atom. The number of fused-ring (bicyclic) bond motifs is 1. The molecule has 2 heterocycles. The van der Waals surface area contributed by atoms with E-state index in [-0.39, 0.29) is 24.9 Å². The Morgan fingerprint density at radius 1 is 1.27 bits per heavy atom. The smallest absolute Gasteiger partial charge is 0.186 e. The van der Waals surface area contributed by atoms with Gasteiger partial charge in [-0.2, -0.15) is 0 Å². The second kappa shape index (κ2) is 3.97. The summed E-state index contributed by atoms with van der Waals surface area (Å²) >= 11 is 0. The normalized spacial score (nSPS) is 43.2. The lowest BCUT2D eigenvalue weighted by molar-refractivity contribution is -0.231. The second-order valence-corrected chi connectivity index (χ2v) is 4.18. The first kappa shape index (κ1) is 11.3. The van der Waals surface area contributed by atoms with E-state index >= 15 is 0 Å². The summed E-state index contributed by atoms with van der Waals surface area (Å²) in [5.41, 5.74) is 0. The van der Waals surface area contributed by atoms with Gasteiger partial charge in [-0.25, -0.2) is 5.90 Å². The highest BCUT2D eigenvalue weighted by atomic mass is 16.8. The van der Waals surface area contributed by atoms with Crippen LogP contribution in [0.1, 0.15) is 13.8 Å². The van der Waals surface area contributed by atoms with E-state index in [1.807, 2.05) is 13.8 Å². The van der Waals surface area contributed by atoms with Gasteiger partial charge in [-0.1, -0.05) is 0 Å². The number of hydrogen-bond acceptors (Lipinski definition) is 6. The van der Waals surface area contributed by atoms with Gasteiger partial charge in [0.1, 0.15) is 18.3 Å². The highest BCUT2D eigenvalue weighted by Crippen LogP contribution is 2.38. The van der Waals surface area contributed by atoms with Crippen molar-refractivity contribution >= 4 is 0 Å². The number of methoxy groups -OCH3 is 1. The van der Waals surface area contributed by atoms with Crippen LogP contribution < -0.4 is 5.90 Å². The molecule has 88 valence electrons. The molecule has 0 bridgehead atoms. The Morgan fingerprint density at radius 3 is 2.53 bits per heavy atom. The molecule has 0 radical (unpaired) electrons. The van der Waals surface area contributed by atoms with Crippen LogP contribution in [0.5, 0.6) is 0 Å². The van der Waals surface area contributed by atoms with Crippen LogP contribution >= 0.6 is 0 Å². The predicted octanol–water partition coefficient (Wildman–Crippen LogP) is -0.232. The van der Waals surface area contributed by atoms with Crippen molar-refractivity contribution in [3.05, 3.63) is 0 Å². The minimum absolute atomic E-state index is 0.187. The van der Waals surface area contributed by atoms with Gasteiger partial charge in [0.05, 0.1) is 6.61 Å². The summed E-state index contributed by atoms with van der Waals surface area (Å²) in [6.07, 6.45) is -1.07. The lowest BCUT2D eigenvalue weighted by Gasteiger charge is -2.23. The van der Waals surface area contributed by atoms with E-state index in [9.17, 15) is 0 Å². The Bertz CT molecular complexity index is 235. The number of hydrogen-bond donors (Lipinski definition) is 1. The third-order valence-electron chi connectivity index (χ3n) is 2.60. The van der Waals surface area contributed by atoms with Crippen molar-refractivity contribution in [2.24, 2.45) is 5.90 Å². The number of ether oxygens (including phenoxy) is 4. The van der Waals surface area contributed by atoms with E-state index in [0.717, 1.165) is 0 Å². The van der Waals surface area contributed by atoms with Crippen molar-refractivity contribution in [2.45, 2.75) is 44.2 Å². The molecule has 0 aliphatic carbocycles. The summed E-state index contributed by atoms with van der Waals surface area (Å²) in [6, 6.07) is 0. The molecule has 2 aliphatic heterocycles. The molecule has 2 saturated heterocycles. The summed E-state index contributed by atoms with van der Waals surface area (Å²) in [5.74, 6) is 4.42. The lowest BCUT2D eigenvalue weighted by Crippen LogP contribution is -2.33. The largest absolute Gasteiger partial charge is 0.353 e. The second-order valence-electron chi connectivity index (χ2n) is 4.18. The summed E-state index contributed by atoms with van der Waals surface area (Å²) in [7, 11) is 1.57. The molecule has 15 heavy (non-hydrogen) atoms. The minimum atomic E-state index is -0.608. The maximum atomic E-state index is 5.71. The van der Waals surface area contributed by atoms with Gasteiger partial charge in [0.2, 0.25) is 0 Å². The van der Waals surface area contributed by atoms with Crippen molar-refractivity contribution in [3.63, 3.8) is 0 Å². The summed E-state index contributed by atoms with van der Waals surface area (Å²) in [4.78, 5) is 4.58. The van der Waals surface area contributed by atoms with Crippen LogP contribution in [0.3, 0.4) is 0 Å². The fourth-order valence-corrected chi connectivity index (χ4v) is 2.06. The van der Waals surface area contributed by atoms with Crippen LogP contribution in [0.4, 0.5) is 0 Å². The predicted molar refractivity (Wildman–Crippen MR) is 49.6 cm³/mol. The quantitative estimate of drug-likeness (QED) is 0.661. The highest BCUT2D eigenvalue weighted by Gasteiger charge is 2.55. The van der Waals surface area contributed by atoms with Crippen LogP contribution in [-0.2, 0) is 23.8 Å². The van der Waals surface area contributed by atoms with Crippen molar-refractivity contribution < 1.29 is 23.8 Å². The standard InChI is InChI=1S/C9H17NO5/c1-9(2)14-6-5(4-12-10)13-8(11-3)7(6)15-9/h5-8H,4,10H2,1-3H3/t5-,6-,7-,8?/m1/s1. The van der Waals surface area contributed by atoms with Gasteiger partial charge >= 0.3 is 0 Å². The van der Waals surface area contributed by atoms with Gasteiger partial charge in [0.25, 0.3) is 0 Å². The van der Waals surface area contributed by atoms with Gasteiger partial charge in [-0.15, -0.1) is 0 Å². The summed E-state index contributed by atoms with van der Waals surface area (Å²) in [5, 5.41) is 0. The number of rotatable bonds is 3. The van der Waals surface area contributed by atoms with Gasteiger partial charge in [0.15, 0.2) is 12.1 Å². The van der Waals surface area contributed by atoms with Crippen molar-refractivity contribution in [3.8, 4) is 0 Å². The first-order valence-corrected chi connectivity index (χ1v) is 4.93. The molecule has 0 amide bonds. The zero-order valence-electron chi connectivity index (χ0n) is 9.14. The van der Waals surface area contributed by atoms with Crippen molar-refractivity contribution in [1.29, 1.82) is 0 Å². The monoisotopic (exact) mass is 219 g/mol. The third-order valence-corrected chi connectivity index (χ3v) is 2.60. The van der Waals surface area contributed by atoms with E-state index in [1.165, 1.54) is 0 Å². The van der Waals surface area contributed by atoms with E-state index in [1.54, 1.807) is 7.11 Å². The molecule has 0 aromatic carbocycles. The Kier molecular flexibility index (Phi) is 2.98. The Hall–Kier alpha value is -0.240. The molecule has 6 heteroatoms. The van der Waals surface area contributed by atoms with Crippen LogP contribution in [0, 0.1) is 0 Å². The Labute approximate surface area is 88.5 Å². The SMILES string of the molecule is COC1O[C@H](CON)[C@H]2OC(C)(C)O[C@@H]12.